The summed E-state index contributed by atoms with van der Waals surface area (Å²) in [4.78, 5) is 43.1. The number of thiazole rings is 1. The normalized spacial score (nSPS) is 14.4. The van der Waals surface area contributed by atoms with Crippen LogP contribution in [0.25, 0.3) is 6.08 Å². The first-order chi connectivity index (χ1) is 21.7. The number of rotatable bonds is 11. The van der Waals surface area contributed by atoms with Gasteiger partial charge in [0.05, 0.1) is 52.7 Å². The quantitative estimate of drug-likeness (QED) is 0.133. The van der Waals surface area contributed by atoms with Crippen molar-refractivity contribution >= 4 is 29.1 Å². The molecule has 1 aliphatic rings. The molecule has 1 aliphatic heterocycles. The van der Waals surface area contributed by atoms with E-state index in [9.17, 15) is 19.7 Å². The lowest BCUT2D eigenvalue weighted by Crippen LogP contribution is -2.39. The third kappa shape index (κ3) is 6.50. The van der Waals surface area contributed by atoms with E-state index in [0.717, 1.165) is 0 Å². The number of benzene rings is 3. The molecule has 0 amide bonds. The predicted molar refractivity (Wildman–Crippen MR) is 168 cm³/mol. The summed E-state index contributed by atoms with van der Waals surface area (Å²) in [5.41, 5.74) is 2.23. The molecule has 0 aliphatic carbocycles. The molecule has 232 valence electrons. The van der Waals surface area contributed by atoms with Gasteiger partial charge in [0.1, 0.15) is 12.4 Å². The summed E-state index contributed by atoms with van der Waals surface area (Å²) < 4.78 is 24.3. The lowest BCUT2D eigenvalue weighted by atomic mass is 9.96. The van der Waals surface area contributed by atoms with Gasteiger partial charge in [0.2, 0.25) is 0 Å². The number of aromatic nitrogens is 1. The molecule has 11 nitrogen and oxygen atoms in total. The van der Waals surface area contributed by atoms with Gasteiger partial charge in [-0.1, -0.05) is 41.7 Å². The Balaban J connectivity index is 1.54. The van der Waals surface area contributed by atoms with E-state index in [2.05, 4.69) is 4.99 Å². The van der Waals surface area contributed by atoms with E-state index in [-0.39, 0.29) is 24.5 Å². The number of nitro groups is 1. The second-order valence-corrected chi connectivity index (χ2v) is 10.9. The zero-order valence-corrected chi connectivity index (χ0v) is 26.0. The zero-order valence-electron chi connectivity index (χ0n) is 25.1. The Morgan fingerprint density at radius 1 is 1.04 bits per heavy atom. The number of para-hydroxylation sites is 1. The van der Waals surface area contributed by atoms with E-state index in [0.29, 0.717) is 61.1 Å². The van der Waals surface area contributed by atoms with Crippen molar-refractivity contribution in [2.45, 2.75) is 33.4 Å². The van der Waals surface area contributed by atoms with Gasteiger partial charge in [-0.2, -0.15) is 0 Å². The number of hydrogen-bond donors (Lipinski definition) is 0. The van der Waals surface area contributed by atoms with Crippen LogP contribution in [0.4, 0.5) is 5.69 Å². The standard InChI is InChI=1S/C33H31N3O8S/c1-5-42-27-17-21(11-16-26(27)44-19-23-9-7-8-10-25(23)36(39)40)18-28-31(37)35-30(22-12-14-24(41-4)15-13-22)29(32(38)43-6-2)20(3)34-33(35)45-28/h7-18,30H,5-6,19H2,1-4H3/b28-18+/t30-/m0/s1. The second-order valence-electron chi connectivity index (χ2n) is 9.89. The monoisotopic (exact) mass is 629 g/mol. The average molecular weight is 630 g/mol. The molecule has 0 radical (unpaired) electrons. The van der Waals surface area contributed by atoms with Crippen molar-refractivity contribution in [1.29, 1.82) is 0 Å². The summed E-state index contributed by atoms with van der Waals surface area (Å²) in [6.45, 7) is 5.80. The summed E-state index contributed by atoms with van der Waals surface area (Å²) in [6, 6.07) is 18.0. The second kappa shape index (κ2) is 13.6. The highest BCUT2D eigenvalue weighted by atomic mass is 32.1. The number of ether oxygens (including phenoxy) is 4. The topological polar surface area (TPSA) is 131 Å². The van der Waals surface area contributed by atoms with Crippen molar-refractivity contribution in [1.82, 2.24) is 4.57 Å². The highest BCUT2D eigenvalue weighted by Gasteiger charge is 2.33. The van der Waals surface area contributed by atoms with E-state index in [1.807, 2.05) is 19.1 Å². The van der Waals surface area contributed by atoms with E-state index in [1.54, 1.807) is 75.6 Å². The number of carbonyl (C=O) groups is 1. The van der Waals surface area contributed by atoms with Crippen molar-refractivity contribution in [3.05, 3.63) is 124 Å². The molecule has 5 rings (SSSR count). The summed E-state index contributed by atoms with van der Waals surface area (Å²) >= 11 is 1.21. The molecule has 12 heteroatoms. The van der Waals surface area contributed by atoms with Gasteiger partial charge in [-0.25, -0.2) is 9.79 Å². The van der Waals surface area contributed by atoms with E-state index in [4.69, 9.17) is 18.9 Å². The first-order valence-corrected chi connectivity index (χ1v) is 15.0. The molecule has 0 bridgehead atoms. The lowest BCUT2D eigenvalue weighted by Gasteiger charge is -2.24. The van der Waals surface area contributed by atoms with Crippen molar-refractivity contribution in [3.63, 3.8) is 0 Å². The number of nitrogens with zero attached hydrogens (tertiary/aromatic N) is 3. The van der Waals surface area contributed by atoms with Gasteiger partial charge >= 0.3 is 5.97 Å². The molecule has 0 N–H and O–H groups in total. The van der Waals surface area contributed by atoms with Crippen LogP contribution in [0.2, 0.25) is 0 Å². The van der Waals surface area contributed by atoms with Crippen LogP contribution >= 0.6 is 11.3 Å². The van der Waals surface area contributed by atoms with E-state index < -0.39 is 16.9 Å². The molecule has 0 saturated carbocycles. The highest BCUT2D eigenvalue weighted by molar-refractivity contribution is 7.07. The maximum absolute atomic E-state index is 14.0. The largest absolute Gasteiger partial charge is 0.497 e. The third-order valence-corrected chi connectivity index (χ3v) is 8.07. The third-order valence-electron chi connectivity index (χ3n) is 7.09. The fourth-order valence-corrected chi connectivity index (χ4v) is 6.06. The van der Waals surface area contributed by atoms with Crippen molar-refractivity contribution in [2.75, 3.05) is 20.3 Å². The first-order valence-electron chi connectivity index (χ1n) is 14.2. The number of hydrogen-bond acceptors (Lipinski definition) is 10. The zero-order chi connectivity index (χ0) is 32.1. The minimum absolute atomic E-state index is 0.0251. The maximum atomic E-state index is 14.0. The molecule has 0 fully saturated rings. The fourth-order valence-electron chi connectivity index (χ4n) is 5.01. The van der Waals surface area contributed by atoms with Crippen LogP contribution in [0, 0.1) is 10.1 Å². The average Bonchev–Trinajstić information content (AvgIpc) is 3.34. The van der Waals surface area contributed by atoms with Crippen LogP contribution in [0.15, 0.2) is 87.8 Å². The van der Waals surface area contributed by atoms with Gasteiger partial charge in [-0.15, -0.1) is 0 Å². The Morgan fingerprint density at radius 2 is 1.80 bits per heavy atom. The van der Waals surface area contributed by atoms with Gasteiger partial charge in [-0.3, -0.25) is 19.5 Å². The molecular formula is C33H31N3O8S. The predicted octanol–water partition coefficient (Wildman–Crippen LogP) is 4.69. The minimum atomic E-state index is -0.745. The van der Waals surface area contributed by atoms with Gasteiger partial charge in [0.25, 0.3) is 11.2 Å². The van der Waals surface area contributed by atoms with Crippen LogP contribution in [0.3, 0.4) is 0 Å². The number of nitro benzene ring substituents is 1. The molecule has 0 unspecified atom stereocenters. The summed E-state index contributed by atoms with van der Waals surface area (Å²) in [6.07, 6.45) is 1.73. The first kappa shape index (κ1) is 31.2. The van der Waals surface area contributed by atoms with Gasteiger partial charge < -0.3 is 18.9 Å². The van der Waals surface area contributed by atoms with E-state index in [1.165, 1.54) is 22.0 Å². The van der Waals surface area contributed by atoms with Crippen molar-refractivity contribution in [3.8, 4) is 17.2 Å². The molecule has 0 saturated heterocycles. The number of methoxy groups -OCH3 is 1. The number of esters is 1. The Bertz CT molecular complexity index is 1960. The summed E-state index contributed by atoms with van der Waals surface area (Å²) in [7, 11) is 1.57. The van der Waals surface area contributed by atoms with Gasteiger partial charge in [0.15, 0.2) is 16.3 Å². The number of carbonyl (C=O) groups excluding carboxylic acids is 1. The Kier molecular flexibility index (Phi) is 9.43. The number of allylic oxidation sites excluding steroid dienone is 1. The van der Waals surface area contributed by atoms with Gasteiger partial charge in [-0.05, 0) is 68.3 Å². The maximum Gasteiger partial charge on any atom is 0.338 e. The summed E-state index contributed by atoms with van der Waals surface area (Å²) in [5, 5.41) is 11.4. The van der Waals surface area contributed by atoms with Crippen LogP contribution in [-0.2, 0) is 16.1 Å². The lowest BCUT2D eigenvalue weighted by molar-refractivity contribution is -0.385. The Hall–Kier alpha value is -5.23. The van der Waals surface area contributed by atoms with Gasteiger partial charge in [0, 0.05) is 6.07 Å². The highest BCUT2D eigenvalue weighted by Crippen LogP contribution is 2.33. The van der Waals surface area contributed by atoms with Crippen LogP contribution < -0.4 is 29.1 Å². The van der Waals surface area contributed by atoms with Crippen LogP contribution in [-0.4, -0.2) is 35.8 Å². The summed E-state index contributed by atoms with van der Waals surface area (Å²) in [5.74, 6) is 0.938. The molecule has 4 aromatic rings. The molecule has 1 atom stereocenters. The molecule has 45 heavy (non-hydrogen) atoms. The number of fused-ring (bicyclic) bond motifs is 1. The molecule has 0 spiro atoms. The van der Waals surface area contributed by atoms with E-state index >= 15 is 0 Å². The smallest absolute Gasteiger partial charge is 0.338 e. The molecule has 1 aromatic heterocycles. The van der Waals surface area contributed by atoms with Crippen molar-refractivity contribution < 1.29 is 28.7 Å². The SMILES string of the molecule is CCOC(=O)C1=C(C)N=c2s/c(=C/c3ccc(OCc4ccccc4[N+](=O)[O-])c(OCC)c3)c(=O)n2[C@H]1c1ccc(OC)cc1. The van der Waals surface area contributed by atoms with Crippen LogP contribution in [0.1, 0.15) is 43.5 Å². The molecule has 2 heterocycles. The van der Waals surface area contributed by atoms with Crippen LogP contribution in [0.5, 0.6) is 17.2 Å². The Labute approximate surface area is 262 Å². The molecular weight excluding hydrogens is 598 g/mol. The minimum Gasteiger partial charge on any atom is -0.497 e. The Morgan fingerprint density at radius 3 is 2.49 bits per heavy atom. The fraction of sp³-hybridized carbons (Fsp3) is 0.242. The van der Waals surface area contributed by atoms with Crippen molar-refractivity contribution in [2.24, 2.45) is 4.99 Å². The molecule has 3 aromatic carbocycles.